The van der Waals surface area contributed by atoms with E-state index in [1.165, 1.54) is 0 Å². The van der Waals surface area contributed by atoms with Crippen LogP contribution < -0.4 is 9.47 Å². The summed E-state index contributed by atoms with van der Waals surface area (Å²) in [6, 6.07) is 5.41. The molecule has 1 N–H and O–H groups in total. The van der Waals surface area contributed by atoms with Crippen molar-refractivity contribution >= 4 is 5.91 Å². The van der Waals surface area contributed by atoms with E-state index in [0.717, 1.165) is 5.56 Å². The topological polar surface area (TPSA) is 68.2 Å². The Morgan fingerprint density at radius 2 is 2.21 bits per heavy atom. The van der Waals surface area contributed by atoms with Gasteiger partial charge in [-0.15, -0.1) is 0 Å². The monoisotopic (exact) mass is 267 g/mol. The van der Waals surface area contributed by atoms with Gasteiger partial charge < -0.3 is 24.2 Å². The largest absolute Gasteiger partial charge is 0.497 e. The molecule has 1 aliphatic rings. The van der Waals surface area contributed by atoms with Crippen LogP contribution in [0.1, 0.15) is 5.56 Å². The first-order valence-electron chi connectivity index (χ1n) is 5.95. The van der Waals surface area contributed by atoms with E-state index in [0.29, 0.717) is 31.2 Å². The van der Waals surface area contributed by atoms with Crippen LogP contribution >= 0.6 is 0 Å². The van der Waals surface area contributed by atoms with Crippen LogP contribution in [0.4, 0.5) is 0 Å². The molecule has 1 fully saturated rings. The third-order valence-corrected chi connectivity index (χ3v) is 3.02. The maximum Gasteiger partial charge on any atom is 0.279 e. The molecule has 1 saturated heterocycles. The predicted octanol–water partition coefficient (Wildman–Crippen LogP) is 0.381. The summed E-state index contributed by atoms with van der Waals surface area (Å²) in [7, 11) is 3.14. The van der Waals surface area contributed by atoms with Crippen molar-refractivity contribution in [3.8, 4) is 11.5 Å². The Bertz CT molecular complexity index is 462. The minimum Gasteiger partial charge on any atom is -0.497 e. The van der Waals surface area contributed by atoms with Crippen LogP contribution in [0, 0.1) is 0 Å². The molecule has 0 bridgehead atoms. The molecule has 0 radical (unpaired) electrons. The average molecular weight is 267 g/mol. The van der Waals surface area contributed by atoms with Gasteiger partial charge in [0.15, 0.2) is 0 Å². The zero-order valence-corrected chi connectivity index (χ0v) is 11.0. The summed E-state index contributed by atoms with van der Waals surface area (Å²) in [5, 5.41) is 9.37. The van der Waals surface area contributed by atoms with Crippen LogP contribution in [-0.4, -0.2) is 49.6 Å². The van der Waals surface area contributed by atoms with Crippen LogP contribution in [0.25, 0.3) is 0 Å². The van der Waals surface area contributed by atoms with Gasteiger partial charge in [0.1, 0.15) is 11.5 Å². The van der Waals surface area contributed by atoms with Crippen molar-refractivity contribution in [2.45, 2.75) is 12.8 Å². The molecule has 6 heteroatoms. The van der Waals surface area contributed by atoms with E-state index < -0.39 is 12.2 Å². The van der Waals surface area contributed by atoms with Crippen molar-refractivity contribution in [1.82, 2.24) is 4.90 Å². The molecule has 0 aliphatic carbocycles. The highest BCUT2D eigenvalue weighted by molar-refractivity contribution is 5.80. The van der Waals surface area contributed by atoms with E-state index in [4.69, 9.17) is 14.2 Å². The van der Waals surface area contributed by atoms with Crippen molar-refractivity contribution in [2.75, 3.05) is 27.4 Å². The van der Waals surface area contributed by atoms with Crippen LogP contribution in [0.2, 0.25) is 0 Å². The molecule has 1 atom stereocenters. The zero-order valence-electron chi connectivity index (χ0n) is 11.0. The van der Waals surface area contributed by atoms with E-state index in [9.17, 15) is 9.90 Å². The van der Waals surface area contributed by atoms with Crippen LogP contribution in [0.3, 0.4) is 0 Å². The number of rotatable bonds is 4. The van der Waals surface area contributed by atoms with Gasteiger partial charge in [0, 0.05) is 24.7 Å². The van der Waals surface area contributed by atoms with Gasteiger partial charge in [0.25, 0.3) is 5.91 Å². The fraction of sp³-hybridized carbons (Fsp3) is 0.462. The normalized spacial score (nSPS) is 19.4. The Morgan fingerprint density at radius 1 is 1.42 bits per heavy atom. The van der Waals surface area contributed by atoms with Crippen LogP contribution in [-0.2, 0) is 16.1 Å². The number of carbonyl (C=O) groups is 1. The lowest BCUT2D eigenvalue weighted by molar-refractivity contribution is -0.184. The van der Waals surface area contributed by atoms with Gasteiger partial charge in [-0.1, -0.05) is 0 Å². The molecule has 0 saturated carbocycles. The fourth-order valence-electron chi connectivity index (χ4n) is 1.96. The number of morpholine rings is 1. The second-order valence-corrected chi connectivity index (χ2v) is 4.16. The molecule has 0 aromatic heterocycles. The van der Waals surface area contributed by atoms with Gasteiger partial charge >= 0.3 is 0 Å². The third kappa shape index (κ3) is 2.97. The number of ether oxygens (including phenoxy) is 3. The quantitative estimate of drug-likeness (QED) is 0.854. The Balaban J connectivity index is 2.16. The number of aliphatic hydroxyl groups excluding tert-OH is 1. The van der Waals surface area contributed by atoms with E-state index >= 15 is 0 Å². The third-order valence-electron chi connectivity index (χ3n) is 3.02. The van der Waals surface area contributed by atoms with Crippen molar-refractivity contribution in [3.05, 3.63) is 23.8 Å². The standard InChI is InChI=1S/C13H17NO5/c1-17-10-4-3-9(11(7-10)18-2)8-14-5-6-19-13(16)12(14)15/h3-4,7,13,16H,5-6,8H2,1-2H3. The molecule has 104 valence electrons. The molecule has 2 rings (SSSR count). The SMILES string of the molecule is COc1ccc(CN2CCOC(O)C2=O)c(OC)c1. The molecule has 1 aromatic carbocycles. The lowest BCUT2D eigenvalue weighted by atomic mass is 10.1. The van der Waals surface area contributed by atoms with Crippen molar-refractivity contribution in [2.24, 2.45) is 0 Å². The van der Waals surface area contributed by atoms with Gasteiger partial charge in [0.05, 0.1) is 20.8 Å². The van der Waals surface area contributed by atoms with Crippen molar-refractivity contribution in [3.63, 3.8) is 0 Å². The molecular weight excluding hydrogens is 250 g/mol. The summed E-state index contributed by atoms with van der Waals surface area (Å²) in [4.78, 5) is 13.3. The van der Waals surface area contributed by atoms with Gasteiger partial charge in [0.2, 0.25) is 6.29 Å². The Labute approximate surface area is 111 Å². The number of hydrogen-bond acceptors (Lipinski definition) is 5. The minimum absolute atomic E-state index is 0.325. The lowest BCUT2D eigenvalue weighted by Crippen LogP contribution is -2.47. The summed E-state index contributed by atoms with van der Waals surface area (Å²) in [6.45, 7) is 1.14. The van der Waals surface area contributed by atoms with Gasteiger partial charge in [-0.25, -0.2) is 0 Å². The van der Waals surface area contributed by atoms with Crippen LogP contribution in [0.5, 0.6) is 11.5 Å². The highest BCUT2D eigenvalue weighted by Gasteiger charge is 2.28. The summed E-state index contributed by atoms with van der Waals surface area (Å²) in [5.41, 5.74) is 0.853. The maximum atomic E-state index is 11.7. The van der Waals surface area contributed by atoms with Crippen LogP contribution in [0.15, 0.2) is 18.2 Å². The minimum atomic E-state index is -1.36. The number of methoxy groups -OCH3 is 2. The molecule has 1 unspecified atom stereocenters. The number of nitrogens with zero attached hydrogens (tertiary/aromatic N) is 1. The smallest absolute Gasteiger partial charge is 0.279 e. The number of benzene rings is 1. The first-order valence-corrected chi connectivity index (χ1v) is 5.95. The molecule has 1 heterocycles. The van der Waals surface area contributed by atoms with Crippen molar-refractivity contribution in [1.29, 1.82) is 0 Å². The molecule has 6 nitrogen and oxygen atoms in total. The molecule has 1 aromatic rings. The number of carbonyl (C=O) groups excluding carboxylic acids is 1. The second kappa shape index (κ2) is 5.90. The van der Waals surface area contributed by atoms with Crippen molar-refractivity contribution < 1.29 is 24.1 Å². The second-order valence-electron chi connectivity index (χ2n) is 4.16. The Kier molecular flexibility index (Phi) is 4.24. The van der Waals surface area contributed by atoms with E-state index in [1.807, 2.05) is 6.07 Å². The van der Waals surface area contributed by atoms with E-state index in [-0.39, 0.29) is 0 Å². The zero-order chi connectivity index (χ0) is 13.8. The van der Waals surface area contributed by atoms with Gasteiger partial charge in [-0.2, -0.15) is 0 Å². The fourth-order valence-corrected chi connectivity index (χ4v) is 1.96. The molecule has 1 amide bonds. The molecule has 19 heavy (non-hydrogen) atoms. The van der Waals surface area contributed by atoms with E-state index in [2.05, 4.69) is 0 Å². The number of amides is 1. The molecule has 0 spiro atoms. The highest BCUT2D eigenvalue weighted by Crippen LogP contribution is 2.26. The molecular formula is C13H17NO5. The van der Waals surface area contributed by atoms with Gasteiger partial charge in [-0.05, 0) is 12.1 Å². The number of hydrogen-bond donors (Lipinski definition) is 1. The summed E-state index contributed by atoms with van der Waals surface area (Å²) >= 11 is 0. The Morgan fingerprint density at radius 3 is 2.89 bits per heavy atom. The summed E-state index contributed by atoms with van der Waals surface area (Å²) < 4.78 is 15.3. The maximum absolute atomic E-state index is 11.7. The summed E-state index contributed by atoms with van der Waals surface area (Å²) in [5.74, 6) is 0.909. The first-order chi connectivity index (χ1) is 9.15. The highest BCUT2D eigenvalue weighted by atomic mass is 16.6. The Hall–Kier alpha value is -1.79. The first kappa shape index (κ1) is 13.6. The number of aliphatic hydroxyl groups is 1. The van der Waals surface area contributed by atoms with Gasteiger partial charge in [-0.3, -0.25) is 4.79 Å². The lowest BCUT2D eigenvalue weighted by Gasteiger charge is -2.30. The molecule has 1 aliphatic heterocycles. The van der Waals surface area contributed by atoms with E-state index in [1.54, 1.807) is 31.3 Å². The summed E-state index contributed by atoms with van der Waals surface area (Å²) in [6.07, 6.45) is -1.36. The average Bonchev–Trinajstić information content (AvgIpc) is 2.44. The predicted molar refractivity (Wildman–Crippen MR) is 66.9 cm³/mol.